The second kappa shape index (κ2) is 8.66. The number of ether oxygens (including phenoxy) is 1. The smallest absolute Gasteiger partial charge is 0.316 e. The van der Waals surface area contributed by atoms with Crippen molar-refractivity contribution < 1.29 is 14.3 Å². The molecule has 0 aliphatic carbocycles. The molecule has 2 aromatic heterocycles. The van der Waals surface area contributed by atoms with Crippen molar-refractivity contribution in [2.45, 2.75) is 11.3 Å². The average molecular weight is 355 g/mol. The van der Waals surface area contributed by atoms with Crippen LogP contribution in [0.15, 0.2) is 27.9 Å². The molecule has 6 nitrogen and oxygen atoms in total. The van der Waals surface area contributed by atoms with Gasteiger partial charge in [0.1, 0.15) is 0 Å². The molecular formula is C13H13N3O3S3. The summed E-state index contributed by atoms with van der Waals surface area (Å²) in [5.41, 5.74) is 0. The number of aromatic nitrogens is 2. The third-order valence-electron chi connectivity index (χ3n) is 2.20. The number of nitrogens with one attached hydrogen (secondary N) is 1. The molecule has 0 fully saturated rings. The van der Waals surface area contributed by atoms with E-state index in [1.807, 2.05) is 17.5 Å². The Balaban J connectivity index is 1.81. The van der Waals surface area contributed by atoms with E-state index in [0.29, 0.717) is 16.1 Å². The molecular weight excluding hydrogens is 342 g/mol. The van der Waals surface area contributed by atoms with Crippen molar-refractivity contribution in [2.24, 2.45) is 0 Å². The van der Waals surface area contributed by atoms with Gasteiger partial charge in [0.25, 0.3) is 0 Å². The SMILES string of the molecule is CCOC(=O)CSc1nnc(NC(=O)/C=C/c2cccs2)s1. The molecule has 116 valence electrons. The normalized spacial score (nSPS) is 10.8. The zero-order valence-corrected chi connectivity index (χ0v) is 14.1. The van der Waals surface area contributed by atoms with E-state index in [-0.39, 0.29) is 17.6 Å². The molecule has 0 aromatic carbocycles. The second-order valence-corrected chi connectivity index (χ2v) is 6.98. The third kappa shape index (κ3) is 5.58. The molecule has 0 aliphatic rings. The minimum Gasteiger partial charge on any atom is -0.465 e. The molecule has 0 unspecified atom stereocenters. The van der Waals surface area contributed by atoms with E-state index in [0.717, 1.165) is 4.88 Å². The van der Waals surface area contributed by atoms with Crippen molar-refractivity contribution >= 4 is 57.5 Å². The molecule has 2 rings (SSSR count). The van der Waals surface area contributed by atoms with Gasteiger partial charge < -0.3 is 4.74 Å². The quantitative estimate of drug-likeness (QED) is 0.356. The number of anilines is 1. The first-order chi connectivity index (χ1) is 10.7. The first kappa shape index (κ1) is 16.7. The number of amides is 1. The summed E-state index contributed by atoms with van der Waals surface area (Å²) in [5, 5.41) is 12.7. The van der Waals surface area contributed by atoms with E-state index in [9.17, 15) is 9.59 Å². The molecule has 22 heavy (non-hydrogen) atoms. The minimum atomic E-state index is -0.299. The van der Waals surface area contributed by atoms with E-state index in [1.165, 1.54) is 29.2 Å². The summed E-state index contributed by atoms with van der Waals surface area (Å²) in [7, 11) is 0. The number of rotatable bonds is 7. The fraction of sp³-hybridized carbons (Fsp3) is 0.231. The fourth-order valence-corrected chi connectivity index (χ4v) is 3.50. The zero-order chi connectivity index (χ0) is 15.8. The van der Waals surface area contributed by atoms with Crippen LogP contribution in [0.1, 0.15) is 11.8 Å². The summed E-state index contributed by atoms with van der Waals surface area (Å²) in [6, 6.07) is 3.84. The van der Waals surface area contributed by atoms with Gasteiger partial charge in [-0.05, 0) is 24.4 Å². The molecule has 2 aromatic rings. The Morgan fingerprint density at radius 1 is 1.45 bits per heavy atom. The Morgan fingerprint density at radius 2 is 2.32 bits per heavy atom. The maximum atomic E-state index is 11.7. The van der Waals surface area contributed by atoms with Crippen LogP contribution in [0.4, 0.5) is 5.13 Å². The maximum absolute atomic E-state index is 11.7. The molecule has 0 aliphatic heterocycles. The first-order valence-electron chi connectivity index (χ1n) is 6.32. The van der Waals surface area contributed by atoms with Gasteiger partial charge in [0.15, 0.2) is 4.34 Å². The summed E-state index contributed by atoms with van der Waals surface area (Å²) in [5.74, 6) is -0.395. The predicted molar refractivity (Wildman–Crippen MR) is 89.2 cm³/mol. The van der Waals surface area contributed by atoms with Crippen LogP contribution in [0.25, 0.3) is 6.08 Å². The average Bonchev–Trinajstić information content (AvgIpc) is 3.15. The number of esters is 1. The lowest BCUT2D eigenvalue weighted by Gasteiger charge is -1.98. The van der Waals surface area contributed by atoms with Crippen LogP contribution in [-0.2, 0) is 14.3 Å². The van der Waals surface area contributed by atoms with E-state index in [4.69, 9.17) is 4.74 Å². The van der Waals surface area contributed by atoms with Crippen molar-refractivity contribution in [1.82, 2.24) is 10.2 Å². The molecule has 0 spiro atoms. The predicted octanol–water partition coefficient (Wildman–Crippen LogP) is 2.91. The standard InChI is InChI=1S/C13H13N3O3S3/c1-2-19-11(18)8-21-13-16-15-12(22-13)14-10(17)6-5-9-4-3-7-20-9/h3-7H,2,8H2,1H3,(H,14,15,17)/b6-5+. The zero-order valence-electron chi connectivity index (χ0n) is 11.6. The number of thioether (sulfide) groups is 1. The van der Waals surface area contributed by atoms with Gasteiger partial charge in [-0.25, -0.2) is 0 Å². The van der Waals surface area contributed by atoms with Gasteiger partial charge in [-0.3, -0.25) is 14.9 Å². The Hall–Kier alpha value is -1.71. The minimum absolute atomic E-state index is 0.175. The maximum Gasteiger partial charge on any atom is 0.316 e. The van der Waals surface area contributed by atoms with Gasteiger partial charge in [-0.2, -0.15) is 0 Å². The van der Waals surface area contributed by atoms with Crippen molar-refractivity contribution in [3.05, 3.63) is 28.5 Å². The van der Waals surface area contributed by atoms with Crippen molar-refractivity contribution in [3.63, 3.8) is 0 Å². The van der Waals surface area contributed by atoms with Crippen LogP contribution in [0, 0.1) is 0 Å². The number of carbonyl (C=O) groups excluding carboxylic acids is 2. The number of hydrogen-bond acceptors (Lipinski definition) is 8. The highest BCUT2D eigenvalue weighted by atomic mass is 32.2. The molecule has 0 saturated heterocycles. The fourth-order valence-electron chi connectivity index (χ4n) is 1.33. The largest absolute Gasteiger partial charge is 0.465 e. The summed E-state index contributed by atoms with van der Waals surface area (Å²) in [4.78, 5) is 24.0. The van der Waals surface area contributed by atoms with Crippen LogP contribution in [0.3, 0.4) is 0 Å². The van der Waals surface area contributed by atoms with Crippen LogP contribution in [0.2, 0.25) is 0 Å². The summed E-state index contributed by atoms with van der Waals surface area (Å²) in [6.45, 7) is 2.11. The van der Waals surface area contributed by atoms with E-state index < -0.39 is 0 Å². The highest BCUT2D eigenvalue weighted by Crippen LogP contribution is 2.25. The van der Waals surface area contributed by atoms with Gasteiger partial charge in [-0.15, -0.1) is 21.5 Å². The summed E-state index contributed by atoms with van der Waals surface area (Å²) >= 11 is 3.99. The topological polar surface area (TPSA) is 81.2 Å². The Labute approximate surface area is 139 Å². The molecule has 0 atom stereocenters. The lowest BCUT2D eigenvalue weighted by atomic mass is 10.4. The van der Waals surface area contributed by atoms with Gasteiger partial charge in [0.2, 0.25) is 11.0 Å². The summed E-state index contributed by atoms with van der Waals surface area (Å²) < 4.78 is 5.42. The van der Waals surface area contributed by atoms with Crippen molar-refractivity contribution in [3.8, 4) is 0 Å². The van der Waals surface area contributed by atoms with Crippen LogP contribution < -0.4 is 5.32 Å². The highest BCUT2D eigenvalue weighted by Gasteiger charge is 2.09. The monoisotopic (exact) mass is 355 g/mol. The summed E-state index contributed by atoms with van der Waals surface area (Å²) in [6.07, 6.45) is 3.18. The number of thiophene rings is 1. The number of hydrogen-bond donors (Lipinski definition) is 1. The molecule has 1 N–H and O–H groups in total. The van der Waals surface area contributed by atoms with Crippen molar-refractivity contribution in [1.29, 1.82) is 0 Å². The second-order valence-electron chi connectivity index (χ2n) is 3.80. The van der Waals surface area contributed by atoms with Crippen molar-refractivity contribution in [2.75, 3.05) is 17.7 Å². The Kier molecular flexibility index (Phi) is 6.56. The van der Waals surface area contributed by atoms with Gasteiger partial charge >= 0.3 is 5.97 Å². The first-order valence-corrected chi connectivity index (χ1v) is 9.00. The van der Waals surface area contributed by atoms with Crippen LogP contribution in [0.5, 0.6) is 0 Å². The van der Waals surface area contributed by atoms with Gasteiger partial charge in [-0.1, -0.05) is 29.2 Å². The molecule has 0 saturated carbocycles. The van der Waals surface area contributed by atoms with E-state index >= 15 is 0 Å². The molecule has 0 radical (unpaired) electrons. The van der Waals surface area contributed by atoms with Crippen LogP contribution >= 0.6 is 34.4 Å². The molecule has 0 bridgehead atoms. The van der Waals surface area contributed by atoms with Gasteiger partial charge in [0.05, 0.1) is 12.4 Å². The molecule has 2 heterocycles. The van der Waals surface area contributed by atoms with E-state index in [1.54, 1.807) is 24.3 Å². The lowest BCUT2D eigenvalue weighted by Crippen LogP contribution is -2.07. The van der Waals surface area contributed by atoms with E-state index in [2.05, 4.69) is 15.5 Å². The Bertz CT molecular complexity index is 653. The number of nitrogens with zero attached hydrogens (tertiary/aromatic N) is 2. The third-order valence-corrected chi connectivity index (χ3v) is 4.98. The molecule has 9 heteroatoms. The van der Waals surface area contributed by atoms with Gasteiger partial charge in [0, 0.05) is 11.0 Å². The highest BCUT2D eigenvalue weighted by molar-refractivity contribution is 8.01. The Morgan fingerprint density at radius 3 is 3.05 bits per heavy atom. The number of carbonyl (C=O) groups is 2. The van der Waals surface area contributed by atoms with Crippen LogP contribution in [-0.4, -0.2) is 34.4 Å². The molecule has 1 amide bonds. The lowest BCUT2D eigenvalue weighted by molar-refractivity contribution is -0.139.